The van der Waals surface area contributed by atoms with Gasteiger partial charge in [-0.3, -0.25) is 4.57 Å². The lowest BCUT2D eigenvalue weighted by atomic mass is 10.1. The molecule has 0 aliphatic heterocycles. The van der Waals surface area contributed by atoms with Gasteiger partial charge in [-0.1, -0.05) is 158 Å². The Morgan fingerprint density at radius 1 is 0.312 bits per heavy atom. The Hall–Kier alpha value is -9.13. The Kier molecular flexibility index (Phi) is 8.66. The molecule has 0 aliphatic carbocycles. The molecule has 64 heavy (non-hydrogen) atoms. The minimum atomic E-state index is 0.473. The lowest BCUT2D eigenvalue weighted by Crippen LogP contribution is -2.06. The van der Waals surface area contributed by atoms with E-state index in [0.29, 0.717) is 46.2 Å². The molecule has 298 valence electrons. The van der Waals surface area contributed by atoms with Crippen molar-refractivity contribution in [2.75, 3.05) is 0 Å². The van der Waals surface area contributed by atoms with E-state index in [2.05, 4.69) is 63.7 Å². The second-order valence-corrected chi connectivity index (χ2v) is 15.5. The van der Waals surface area contributed by atoms with Crippen molar-refractivity contribution in [3.8, 4) is 74.6 Å². The highest BCUT2D eigenvalue weighted by Gasteiger charge is 2.23. The highest BCUT2D eigenvalue weighted by molar-refractivity contribution is 6.19. The maximum Gasteiger partial charge on any atom is 0.238 e. The van der Waals surface area contributed by atoms with Crippen molar-refractivity contribution in [2.24, 2.45) is 0 Å². The molecule has 0 fully saturated rings. The predicted octanol–water partition coefficient (Wildman–Crippen LogP) is 12.5. The number of benzene rings is 8. The molecule has 0 amide bonds. The molecule has 4 heterocycles. The summed E-state index contributed by atoms with van der Waals surface area (Å²) in [5, 5.41) is 15.2. The molecule has 9 nitrogen and oxygen atoms in total. The zero-order valence-corrected chi connectivity index (χ0v) is 34.1. The number of hydrogen-bond acceptors (Lipinski definition) is 7. The maximum atomic E-state index is 11.0. The number of nitrogens with zero attached hydrogens (tertiary/aromatic N) is 9. The van der Waals surface area contributed by atoms with Gasteiger partial charge in [0.25, 0.3) is 0 Å². The zero-order valence-electron chi connectivity index (χ0n) is 34.1. The van der Waals surface area contributed by atoms with E-state index in [-0.39, 0.29) is 0 Å². The van der Waals surface area contributed by atoms with Gasteiger partial charge in [0.05, 0.1) is 33.3 Å². The summed E-state index contributed by atoms with van der Waals surface area (Å²) in [6.45, 7) is 0. The standard InChI is InChI=1S/C55H33N9/c56-34-40-31-39(54-58-50(35-17-5-1-6-18-35)57-51(59-54)36-19-7-2-8-20-36)29-30-45(40)63-46-27-15-13-25-41(46)43-32-44-42-26-14-16-28-47(42)64(49(44)33-48(43)63)55-61-52(37-21-9-3-10-22-37)60-53(62-55)38-23-11-4-12-24-38/h1-33H. The van der Waals surface area contributed by atoms with E-state index in [1.54, 1.807) is 0 Å². The highest BCUT2D eigenvalue weighted by Crippen LogP contribution is 2.40. The Balaban J connectivity index is 1.09. The number of aromatic nitrogens is 8. The first-order valence-corrected chi connectivity index (χ1v) is 20.9. The van der Waals surface area contributed by atoms with Crippen LogP contribution in [0, 0.1) is 11.3 Å². The second-order valence-electron chi connectivity index (χ2n) is 15.5. The summed E-state index contributed by atoms with van der Waals surface area (Å²) in [6, 6.07) is 69.4. The Bertz CT molecular complexity index is 3670. The minimum Gasteiger partial charge on any atom is -0.308 e. The van der Waals surface area contributed by atoms with Crippen molar-refractivity contribution in [3.63, 3.8) is 0 Å². The fourth-order valence-electron chi connectivity index (χ4n) is 8.70. The lowest BCUT2D eigenvalue weighted by molar-refractivity contribution is 0.953. The van der Waals surface area contributed by atoms with Crippen LogP contribution in [0.5, 0.6) is 0 Å². The van der Waals surface area contributed by atoms with Crippen molar-refractivity contribution in [1.29, 1.82) is 5.26 Å². The summed E-state index contributed by atoms with van der Waals surface area (Å²) in [7, 11) is 0. The van der Waals surface area contributed by atoms with Gasteiger partial charge >= 0.3 is 0 Å². The quantitative estimate of drug-likeness (QED) is 0.157. The summed E-state index contributed by atoms with van der Waals surface area (Å²) in [6.07, 6.45) is 0. The highest BCUT2D eigenvalue weighted by atomic mass is 15.2. The number of hydrogen-bond donors (Lipinski definition) is 0. The molecular formula is C55H33N9. The van der Waals surface area contributed by atoms with Crippen molar-refractivity contribution in [2.45, 2.75) is 0 Å². The maximum absolute atomic E-state index is 11.0. The summed E-state index contributed by atoms with van der Waals surface area (Å²) < 4.78 is 4.32. The first kappa shape index (κ1) is 36.7. The molecule has 4 aromatic heterocycles. The van der Waals surface area contributed by atoms with Crippen LogP contribution in [0.3, 0.4) is 0 Å². The van der Waals surface area contributed by atoms with E-state index in [4.69, 9.17) is 29.9 Å². The van der Waals surface area contributed by atoms with Crippen molar-refractivity contribution in [3.05, 3.63) is 206 Å². The fraction of sp³-hybridized carbons (Fsp3) is 0. The number of para-hydroxylation sites is 2. The first-order valence-electron chi connectivity index (χ1n) is 20.9. The third-order valence-corrected chi connectivity index (χ3v) is 11.7. The topological polar surface area (TPSA) is 111 Å². The third kappa shape index (κ3) is 6.17. The molecule has 0 N–H and O–H groups in total. The molecule has 0 saturated carbocycles. The molecule has 12 rings (SSSR count). The van der Waals surface area contributed by atoms with Crippen molar-refractivity contribution < 1.29 is 0 Å². The number of nitriles is 1. The second kappa shape index (κ2) is 15.1. The molecule has 0 spiro atoms. The third-order valence-electron chi connectivity index (χ3n) is 11.7. The molecule has 8 aromatic carbocycles. The van der Waals surface area contributed by atoms with Crippen LogP contribution in [0.25, 0.3) is 112 Å². The molecular weight excluding hydrogens is 787 g/mol. The van der Waals surface area contributed by atoms with E-state index < -0.39 is 0 Å². The van der Waals surface area contributed by atoms with Crippen LogP contribution in [0.4, 0.5) is 0 Å². The Morgan fingerprint density at radius 2 is 0.703 bits per heavy atom. The van der Waals surface area contributed by atoms with Gasteiger partial charge in [0.15, 0.2) is 29.1 Å². The van der Waals surface area contributed by atoms with Crippen molar-refractivity contribution in [1.82, 2.24) is 39.0 Å². The van der Waals surface area contributed by atoms with Crippen LogP contribution in [0.2, 0.25) is 0 Å². The lowest BCUT2D eigenvalue weighted by Gasteiger charge is -2.13. The average molecular weight is 820 g/mol. The molecule has 12 aromatic rings. The SMILES string of the molecule is N#Cc1cc(-c2nc(-c3ccccc3)nc(-c3ccccc3)n2)ccc1-n1c2ccccc2c2cc3c4ccccc4n(-c4nc(-c5ccccc5)nc(-c5ccccc5)n4)c3cc21. The summed E-state index contributed by atoms with van der Waals surface area (Å²) in [4.78, 5) is 30.1. The Labute approximate surface area is 366 Å². The molecule has 9 heteroatoms. The smallest absolute Gasteiger partial charge is 0.238 e. The largest absolute Gasteiger partial charge is 0.308 e. The minimum absolute atomic E-state index is 0.473. The monoisotopic (exact) mass is 819 g/mol. The molecule has 0 aliphatic rings. The van der Waals surface area contributed by atoms with E-state index in [1.807, 2.05) is 152 Å². The fourth-order valence-corrected chi connectivity index (χ4v) is 8.70. The summed E-state index contributed by atoms with van der Waals surface area (Å²) in [5.41, 5.74) is 9.24. The average Bonchev–Trinajstić information content (AvgIpc) is 3.88. The van der Waals surface area contributed by atoms with Crippen molar-refractivity contribution >= 4 is 43.6 Å². The van der Waals surface area contributed by atoms with E-state index in [0.717, 1.165) is 71.6 Å². The molecule has 0 unspecified atom stereocenters. The summed E-state index contributed by atoms with van der Waals surface area (Å²) >= 11 is 0. The van der Waals surface area contributed by atoms with E-state index >= 15 is 0 Å². The van der Waals surface area contributed by atoms with Crippen LogP contribution in [0.1, 0.15) is 5.56 Å². The van der Waals surface area contributed by atoms with Gasteiger partial charge in [0.2, 0.25) is 5.95 Å². The van der Waals surface area contributed by atoms with E-state index in [9.17, 15) is 5.26 Å². The summed E-state index contributed by atoms with van der Waals surface area (Å²) in [5.74, 6) is 3.25. The van der Waals surface area contributed by atoms with Crippen LogP contribution >= 0.6 is 0 Å². The van der Waals surface area contributed by atoms with E-state index in [1.165, 1.54) is 0 Å². The predicted molar refractivity (Wildman–Crippen MR) is 254 cm³/mol. The van der Waals surface area contributed by atoms with Gasteiger partial charge in [-0.25, -0.2) is 19.9 Å². The molecule has 0 saturated heterocycles. The number of fused-ring (bicyclic) bond motifs is 6. The number of rotatable bonds is 7. The zero-order chi connectivity index (χ0) is 42.6. The van der Waals surface area contributed by atoms with Gasteiger partial charge in [0.1, 0.15) is 6.07 Å². The normalized spacial score (nSPS) is 11.4. The van der Waals surface area contributed by atoms with Crippen LogP contribution in [-0.4, -0.2) is 39.0 Å². The first-order chi connectivity index (χ1) is 31.7. The van der Waals surface area contributed by atoms with Gasteiger partial charge in [-0.05, 0) is 42.5 Å². The van der Waals surface area contributed by atoms with Gasteiger partial charge < -0.3 is 4.57 Å². The van der Waals surface area contributed by atoms with Gasteiger partial charge in [-0.2, -0.15) is 15.2 Å². The van der Waals surface area contributed by atoms with Crippen LogP contribution in [-0.2, 0) is 0 Å². The Morgan fingerprint density at radius 3 is 1.17 bits per heavy atom. The van der Waals surface area contributed by atoms with Gasteiger partial charge in [-0.15, -0.1) is 0 Å². The molecule has 0 radical (unpaired) electrons. The van der Waals surface area contributed by atoms with Crippen LogP contribution < -0.4 is 0 Å². The molecule has 0 atom stereocenters. The van der Waals surface area contributed by atoms with Gasteiger partial charge in [0, 0.05) is 49.4 Å². The molecule has 0 bridgehead atoms. The van der Waals surface area contributed by atoms with Crippen LogP contribution in [0.15, 0.2) is 200 Å².